The third-order valence-corrected chi connectivity index (χ3v) is 2.80. The van der Waals surface area contributed by atoms with E-state index in [9.17, 15) is 9.18 Å². The van der Waals surface area contributed by atoms with Crippen LogP contribution in [0.5, 0.6) is 5.75 Å². The summed E-state index contributed by atoms with van der Waals surface area (Å²) in [6, 6.07) is 5.66. The molecule has 102 valence electrons. The summed E-state index contributed by atoms with van der Waals surface area (Å²) < 4.78 is 18.8. The fourth-order valence-corrected chi connectivity index (χ4v) is 1.71. The summed E-state index contributed by atoms with van der Waals surface area (Å²) in [5.41, 5.74) is -0.0462. The van der Waals surface area contributed by atoms with Crippen molar-refractivity contribution < 1.29 is 13.9 Å². The lowest BCUT2D eigenvalue weighted by atomic mass is 10.2. The van der Waals surface area contributed by atoms with Gasteiger partial charge in [-0.05, 0) is 32.9 Å². The van der Waals surface area contributed by atoms with Crippen LogP contribution < -0.4 is 4.74 Å². The van der Waals surface area contributed by atoms with Crippen molar-refractivity contribution in [2.75, 3.05) is 13.1 Å². The van der Waals surface area contributed by atoms with E-state index >= 15 is 0 Å². The van der Waals surface area contributed by atoms with Crippen molar-refractivity contribution in [3.8, 4) is 11.8 Å². The lowest BCUT2D eigenvalue weighted by Crippen LogP contribution is -2.40. The van der Waals surface area contributed by atoms with Gasteiger partial charge in [0.1, 0.15) is 17.6 Å². The molecule has 19 heavy (non-hydrogen) atoms. The van der Waals surface area contributed by atoms with Gasteiger partial charge < -0.3 is 9.64 Å². The van der Waals surface area contributed by atoms with E-state index in [1.54, 1.807) is 17.9 Å². The molecule has 0 fully saturated rings. The van der Waals surface area contributed by atoms with Crippen LogP contribution in [0.4, 0.5) is 4.39 Å². The van der Waals surface area contributed by atoms with Crippen molar-refractivity contribution >= 4 is 5.91 Å². The van der Waals surface area contributed by atoms with Gasteiger partial charge in [0, 0.05) is 19.2 Å². The number of halogens is 1. The topological polar surface area (TPSA) is 53.3 Å². The Morgan fingerprint density at radius 1 is 1.47 bits per heavy atom. The molecule has 1 amide bonds. The van der Waals surface area contributed by atoms with Crippen molar-refractivity contribution in [3.63, 3.8) is 0 Å². The van der Waals surface area contributed by atoms with Crippen LogP contribution in [0.3, 0.4) is 0 Å². The van der Waals surface area contributed by atoms with Crippen molar-refractivity contribution in [2.45, 2.75) is 26.9 Å². The van der Waals surface area contributed by atoms with Crippen LogP contribution in [0.1, 0.15) is 26.3 Å². The first-order valence-electron chi connectivity index (χ1n) is 6.18. The molecule has 0 spiro atoms. The Labute approximate surface area is 112 Å². The smallest absolute Gasteiger partial charge is 0.263 e. The quantitative estimate of drug-likeness (QED) is 0.820. The molecule has 1 aromatic carbocycles. The summed E-state index contributed by atoms with van der Waals surface area (Å²) in [6.07, 6.45) is -0.688. The number of carbonyl (C=O) groups excluding carboxylic acids is 1. The standard InChI is InChI=1S/C14H17FN2O2/c1-4-17(5-2)14(18)10(3)19-12-7-6-11(9-16)13(15)8-12/h6-8,10H,4-5H2,1-3H3. The van der Waals surface area contributed by atoms with E-state index in [0.717, 1.165) is 6.07 Å². The van der Waals surface area contributed by atoms with Gasteiger partial charge in [0.2, 0.25) is 0 Å². The highest BCUT2D eigenvalue weighted by Crippen LogP contribution is 2.17. The Morgan fingerprint density at radius 2 is 2.11 bits per heavy atom. The zero-order valence-corrected chi connectivity index (χ0v) is 11.3. The first kappa shape index (κ1) is 15.0. The second-order valence-corrected chi connectivity index (χ2v) is 4.02. The van der Waals surface area contributed by atoms with E-state index in [4.69, 9.17) is 10.00 Å². The Morgan fingerprint density at radius 3 is 2.58 bits per heavy atom. The normalized spacial score (nSPS) is 11.5. The van der Waals surface area contributed by atoms with E-state index in [1.165, 1.54) is 12.1 Å². The zero-order chi connectivity index (χ0) is 14.4. The summed E-state index contributed by atoms with van der Waals surface area (Å²) in [6.45, 7) is 6.59. The minimum Gasteiger partial charge on any atom is -0.481 e. The van der Waals surface area contributed by atoms with Gasteiger partial charge in [0.25, 0.3) is 5.91 Å². The number of benzene rings is 1. The van der Waals surface area contributed by atoms with Crippen LogP contribution in [-0.4, -0.2) is 30.0 Å². The van der Waals surface area contributed by atoms with Crippen molar-refractivity contribution in [1.29, 1.82) is 5.26 Å². The van der Waals surface area contributed by atoms with E-state index < -0.39 is 11.9 Å². The highest BCUT2D eigenvalue weighted by molar-refractivity contribution is 5.80. The highest BCUT2D eigenvalue weighted by Gasteiger charge is 2.20. The van der Waals surface area contributed by atoms with Crippen molar-refractivity contribution in [3.05, 3.63) is 29.6 Å². The van der Waals surface area contributed by atoms with Gasteiger partial charge in [-0.15, -0.1) is 0 Å². The molecule has 0 radical (unpaired) electrons. The molecule has 4 nitrogen and oxygen atoms in total. The summed E-state index contributed by atoms with van der Waals surface area (Å²) in [5.74, 6) is -0.554. The Balaban J connectivity index is 2.77. The van der Waals surface area contributed by atoms with E-state index in [-0.39, 0.29) is 17.2 Å². The molecule has 1 aromatic rings. The Hall–Kier alpha value is -2.09. The first-order chi connectivity index (χ1) is 9.03. The SMILES string of the molecule is CCN(CC)C(=O)C(C)Oc1ccc(C#N)c(F)c1. The second kappa shape index (κ2) is 6.74. The van der Waals surface area contributed by atoms with Crippen molar-refractivity contribution in [2.24, 2.45) is 0 Å². The zero-order valence-electron chi connectivity index (χ0n) is 11.3. The molecule has 1 atom stereocenters. The molecule has 5 heteroatoms. The fourth-order valence-electron chi connectivity index (χ4n) is 1.71. The largest absolute Gasteiger partial charge is 0.481 e. The number of hydrogen-bond donors (Lipinski definition) is 0. The average molecular weight is 264 g/mol. The van der Waals surface area contributed by atoms with Crippen LogP contribution in [0.15, 0.2) is 18.2 Å². The molecule has 0 heterocycles. The van der Waals surface area contributed by atoms with E-state index in [2.05, 4.69) is 0 Å². The van der Waals surface area contributed by atoms with Crippen LogP contribution in [0.2, 0.25) is 0 Å². The third kappa shape index (κ3) is 3.68. The number of carbonyl (C=O) groups is 1. The molecule has 0 aromatic heterocycles. The molecular weight excluding hydrogens is 247 g/mol. The van der Waals surface area contributed by atoms with Gasteiger partial charge in [0.15, 0.2) is 6.10 Å². The maximum atomic E-state index is 13.4. The van der Waals surface area contributed by atoms with E-state index in [0.29, 0.717) is 13.1 Å². The average Bonchev–Trinajstić information content (AvgIpc) is 2.40. The summed E-state index contributed by atoms with van der Waals surface area (Å²) in [5, 5.41) is 8.62. The van der Waals surface area contributed by atoms with Gasteiger partial charge in [0.05, 0.1) is 5.56 Å². The maximum Gasteiger partial charge on any atom is 0.263 e. The third-order valence-electron chi connectivity index (χ3n) is 2.80. The maximum absolute atomic E-state index is 13.4. The number of hydrogen-bond acceptors (Lipinski definition) is 3. The Bertz CT molecular complexity index is 493. The molecular formula is C14H17FN2O2. The molecule has 1 rings (SSSR count). The second-order valence-electron chi connectivity index (χ2n) is 4.02. The monoisotopic (exact) mass is 264 g/mol. The predicted octanol–water partition coefficient (Wildman–Crippen LogP) is 2.33. The van der Waals surface area contributed by atoms with Gasteiger partial charge in [-0.3, -0.25) is 4.79 Å². The highest BCUT2D eigenvalue weighted by atomic mass is 19.1. The number of likely N-dealkylation sites (N-methyl/N-ethyl adjacent to an activating group) is 1. The molecule has 0 saturated heterocycles. The minimum absolute atomic E-state index is 0.0462. The van der Waals surface area contributed by atoms with Crippen LogP contribution in [0.25, 0.3) is 0 Å². The number of nitrogens with zero attached hydrogens (tertiary/aromatic N) is 2. The summed E-state index contributed by atoms with van der Waals surface area (Å²) in [4.78, 5) is 13.6. The first-order valence-corrected chi connectivity index (χ1v) is 6.18. The van der Waals surface area contributed by atoms with Crippen LogP contribution in [-0.2, 0) is 4.79 Å². The molecule has 0 aliphatic heterocycles. The lowest BCUT2D eigenvalue weighted by Gasteiger charge is -2.23. The fraction of sp³-hybridized carbons (Fsp3) is 0.429. The molecule has 0 saturated carbocycles. The van der Waals surface area contributed by atoms with Gasteiger partial charge >= 0.3 is 0 Å². The predicted molar refractivity (Wildman–Crippen MR) is 69.1 cm³/mol. The van der Waals surface area contributed by atoms with Crippen LogP contribution >= 0.6 is 0 Å². The van der Waals surface area contributed by atoms with E-state index in [1.807, 2.05) is 13.8 Å². The summed E-state index contributed by atoms with van der Waals surface area (Å²) >= 11 is 0. The number of ether oxygens (including phenoxy) is 1. The van der Waals surface area contributed by atoms with Gasteiger partial charge in [-0.2, -0.15) is 5.26 Å². The van der Waals surface area contributed by atoms with Gasteiger partial charge in [-0.1, -0.05) is 0 Å². The Kier molecular flexibility index (Phi) is 5.31. The molecule has 0 bridgehead atoms. The molecule has 0 aliphatic rings. The van der Waals surface area contributed by atoms with Crippen LogP contribution in [0, 0.1) is 17.1 Å². The van der Waals surface area contributed by atoms with Gasteiger partial charge in [-0.25, -0.2) is 4.39 Å². The lowest BCUT2D eigenvalue weighted by molar-refractivity contribution is -0.137. The van der Waals surface area contributed by atoms with Crippen molar-refractivity contribution in [1.82, 2.24) is 4.90 Å². The number of rotatable bonds is 5. The minimum atomic E-state index is -0.688. The number of nitriles is 1. The molecule has 1 unspecified atom stereocenters. The molecule has 0 aliphatic carbocycles. The molecule has 0 N–H and O–H groups in total. The summed E-state index contributed by atoms with van der Waals surface area (Å²) in [7, 11) is 0. The number of amides is 1.